The molecule has 0 spiro atoms. The number of nitrogen functional groups attached to an aromatic ring is 1. The van der Waals surface area contributed by atoms with Crippen molar-refractivity contribution in [3.8, 4) is 0 Å². The number of carbonyl (C=O) groups excluding carboxylic acids is 1. The molecule has 0 saturated carbocycles. The van der Waals surface area contributed by atoms with Crippen LogP contribution in [0.3, 0.4) is 0 Å². The summed E-state index contributed by atoms with van der Waals surface area (Å²) in [6, 6.07) is 19.9. The van der Waals surface area contributed by atoms with Crippen LogP contribution < -0.4 is 5.73 Å². The number of hydrogen-bond acceptors (Lipinski definition) is 4. The van der Waals surface area contributed by atoms with Crippen molar-refractivity contribution in [3.05, 3.63) is 94.8 Å². The van der Waals surface area contributed by atoms with Crippen LogP contribution >= 0.6 is 0 Å². The van der Waals surface area contributed by atoms with Crippen LogP contribution in [0, 0.1) is 5.82 Å². The smallest absolute Gasteiger partial charge is 0.338 e. The van der Waals surface area contributed by atoms with Gasteiger partial charge in [-0.05, 0) is 54.8 Å². The Morgan fingerprint density at radius 2 is 1.86 bits per heavy atom. The van der Waals surface area contributed by atoms with Crippen LogP contribution in [0.4, 0.5) is 15.8 Å². The minimum atomic E-state index is -0.596. The third kappa shape index (κ3) is 4.82. The van der Waals surface area contributed by atoms with Crippen molar-refractivity contribution in [2.75, 3.05) is 12.3 Å². The predicted octanol–water partition coefficient (Wildman–Crippen LogP) is 4.93. The number of carbonyl (C=O) groups is 1. The molecular weight excluding hydrogens is 355 g/mol. The molecule has 0 aliphatic heterocycles. The summed E-state index contributed by atoms with van der Waals surface area (Å²) in [4.78, 5) is 15.9. The van der Waals surface area contributed by atoms with E-state index in [-0.39, 0.29) is 17.9 Å². The van der Waals surface area contributed by atoms with Crippen molar-refractivity contribution in [1.29, 1.82) is 0 Å². The van der Waals surface area contributed by atoms with Crippen molar-refractivity contribution in [3.63, 3.8) is 0 Å². The first-order valence-corrected chi connectivity index (χ1v) is 9.00. The summed E-state index contributed by atoms with van der Waals surface area (Å²) in [7, 11) is 0. The number of rotatable bonds is 6. The summed E-state index contributed by atoms with van der Waals surface area (Å²) >= 11 is 0. The van der Waals surface area contributed by atoms with Gasteiger partial charge in [-0.2, -0.15) is 0 Å². The topological polar surface area (TPSA) is 64.7 Å². The number of halogens is 1. The highest BCUT2D eigenvalue weighted by molar-refractivity contribution is 5.91. The second-order valence-corrected chi connectivity index (χ2v) is 6.27. The number of nitrogens with zero attached hydrogens (tertiary/aromatic N) is 1. The molecule has 3 rings (SSSR count). The van der Waals surface area contributed by atoms with Crippen molar-refractivity contribution >= 4 is 23.6 Å². The van der Waals surface area contributed by atoms with Gasteiger partial charge >= 0.3 is 5.97 Å². The third-order valence-electron chi connectivity index (χ3n) is 4.20. The Morgan fingerprint density at radius 3 is 2.57 bits per heavy atom. The molecule has 3 aromatic rings. The Labute approximate surface area is 163 Å². The van der Waals surface area contributed by atoms with Crippen LogP contribution in [-0.4, -0.2) is 18.8 Å². The molecule has 0 aliphatic carbocycles. The maximum Gasteiger partial charge on any atom is 0.338 e. The number of anilines is 1. The maximum atomic E-state index is 14.3. The van der Waals surface area contributed by atoms with Gasteiger partial charge in [-0.3, -0.25) is 4.99 Å². The number of nitrogens with two attached hydrogens (primary N) is 1. The number of benzene rings is 3. The molecule has 0 aromatic heterocycles. The Hall–Kier alpha value is -3.47. The Morgan fingerprint density at radius 1 is 1.07 bits per heavy atom. The first-order valence-electron chi connectivity index (χ1n) is 9.00. The molecule has 0 saturated heterocycles. The van der Waals surface area contributed by atoms with Gasteiger partial charge in [0, 0.05) is 17.5 Å². The third-order valence-corrected chi connectivity index (χ3v) is 4.20. The summed E-state index contributed by atoms with van der Waals surface area (Å²) < 4.78 is 19.1. The van der Waals surface area contributed by atoms with E-state index in [0.717, 1.165) is 18.1 Å². The van der Waals surface area contributed by atoms with E-state index >= 15 is 0 Å². The molecule has 0 unspecified atom stereocenters. The lowest BCUT2D eigenvalue weighted by molar-refractivity contribution is 0.0526. The van der Waals surface area contributed by atoms with E-state index in [1.54, 1.807) is 6.92 Å². The summed E-state index contributed by atoms with van der Waals surface area (Å²) in [6.07, 6.45) is 2.30. The lowest BCUT2D eigenvalue weighted by Gasteiger charge is -2.06. The average molecular weight is 376 g/mol. The van der Waals surface area contributed by atoms with Crippen molar-refractivity contribution in [2.45, 2.75) is 13.3 Å². The summed E-state index contributed by atoms with van der Waals surface area (Å²) in [5, 5.41) is 0. The number of aliphatic imine (C=N–C) groups is 1. The van der Waals surface area contributed by atoms with E-state index in [2.05, 4.69) is 17.1 Å². The number of hydrogen-bond donors (Lipinski definition) is 1. The van der Waals surface area contributed by atoms with E-state index < -0.39 is 11.8 Å². The lowest BCUT2D eigenvalue weighted by Crippen LogP contribution is -2.04. The first kappa shape index (κ1) is 19.3. The molecule has 142 valence electrons. The largest absolute Gasteiger partial charge is 0.462 e. The fraction of sp³-hybridized carbons (Fsp3) is 0.130. The van der Waals surface area contributed by atoms with Crippen LogP contribution in [0.1, 0.15) is 34.0 Å². The van der Waals surface area contributed by atoms with Gasteiger partial charge in [0.2, 0.25) is 0 Å². The Kier molecular flexibility index (Phi) is 6.17. The van der Waals surface area contributed by atoms with E-state index in [4.69, 9.17) is 10.5 Å². The molecule has 0 radical (unpaired) electrons. The van der Waals surface area contributed by atoms with Gasteiger partial charge in [-0.15, -0.1) is 0 Å². The molecule has 0 amide bonds. The van der Waals surface area contributed by atoms with E-state index in [1.165, 1.54) is 23.9 Å². The normalized spacial score (nSPS) is 10.9. The molecule has 5 heteroatoms. The molecule has 2 N–H and O–H groups in total. The fourth-order valence-electron chi connectivity index (χ4n) is 2.77. The highest BCUT2D eigenvalue weighted by Gasteiger charge is 2.10. The number of ether oxygens (including phenoxy) is 1. The maximum absolute atomic E-state index is 14.3. The second-order valence-electron chi connectivity index (χ2n) is 6.27. The SMILES string of the molecule is CCOC(=O)c1ccc(N=Cc2cc(Cc3ccccc3)ccc2N)c(F)c1. The summed E-state index contributed by atoms with van der Waals surface area (Å²) in [5.74, 6) is -1.16. The van der Waals surface area contributed by atoms with Crippen LogP contribution in [0.25, 0.3) is 0 Å². The summed E-state index contributed by atoms with van der Waals surface area (Å²) in [6.45, 7) is 1.93. The van der Waals surface area contributed by atoms with Crippen molar-refractivity contribution in [1.82, 2.24) is 0 Å². The van der Waals surface area contributed by atoms with Gasteiger partial charge in [-0.25, -0.2) is 9.18 Å². The fourth-order valence-corrected chi connectivity index (χ4v) is 2.77. The van der Waals surface area contributed by atoms with E-state index in [9.17, 15) is 9.18 Å². The second kappa shape index (κ2) is 8.95. The molecule has 3 aromatic carbocycles. The van der Waals surface area contributed by atoms with E-state index in [1.807, 2.05) is 36.4 Å². The van der Waals surface area contributed by atoms with Crippen LogP contribution in [0.2, 0.25) is 0 Å². The molecule has 0 bridgehead atoms. The van der Waals surface area contributed by atoms with Gasteiger partial charge in [0.25, 0.3) is 0 Å². The predicted molar refractivity (Wildman–Crippen MR) is 110 cm³/mol. The van der Waals surface area contributed by atoms with Crippen molar-refractivity contribution in [2.24, 2.45) is 4.99 Å². The monoisotopic (exact) mass is 376 g/mol. The van der Waals surface area contributed by atoms with Crippen molar-refractivity contribution < 1.29 is 13.9 Å². The van der Waals surface area contributed by atoms with Crippen LogP contribution in [-0.2, 0) is 11.2 Å². The zero-order chi connectivity index (χ0) is 19.9. The van der Waals surface area contributed by atoms with Gasteiger partial charge in [0.1, 0.15) is 5.82 Å². The summed E-state index contributed by atoms with van der Waals surface area (Å²) in [5.41, 5.74) is 9.86. The van der Waals surface area contributed by atoms with Crippen LogP contribution in [0.5, 0.6) is 0 Å². The van der Waals surface area contributed by atoms with Gasteiger partial charge < -0.3 is 10.5 Å². The molecule has 0 aliphatic rings. The lowest BCUT2D eigenvalue weighted by atomic mass is 10.0. The van der Waals surface area contributed by atoms with E-state index in [0.29, 0.717) is 11.3 Å². The molecule has 0 atom stereocenters. The average Bonchev–Trinajstić information content (AvgIpc) is 2.70. The zero-order valence-electron chi connectivity index (χ0n) is 15.6. The minimum Gasteiger partial charge on any atom is -0.462 e. The Bertz CT molecular complexity index is 1000. The van der Waals surface area contributed by atoms with Gasteiger partial charge in [-0.1, -0.05) is 36.4 Å². The minimum absolute atomic E-state index is 0.126. The number of esters is 1. The van der Waals surface area contributed by atoms with Gasteiger partial charge in [0.05, 0.1) is 17.9 Å². The van der Waals surface area contributed by atoms with Gasteiger partial charge in [0.15, 0.2) is 0 Å². The highest BCUT2D eigenvalue weighted by atomic mass is 19.1. The molecule has 28 heavy (non-hydrogen) atoms. The quantitative estimate of drug-likeness (QED) is 0.377. The molecule has 0 heterocycles. The molecule has 4 nitrogen and oxygen atoms in total. The zero-order valence-corrected chi connectivity index (χ0v) is 15.6. The Balaban J connectivity index is 1.80. The standard InChI is InChI=1S/C23H21FN2O2/c1-2-28-23(27)18-9-11-22(20(24)14-18)26-15-19-13-17(8-10-21(19)25)12-16-6-4-3-5-7-16/h3-11,13-15H,2,12,25H2,1H3. The molecular formula is C23H21FN2O2. The first-order chi connectivity index (χ1) is 13.6. The van der Waals surface area contributed by atoms with Crippen LogP contribution in [0.15, 0.2) is 71.7 Å². The molecule has 0 fully saturated rings. The highest BCUT2D eigenvalue weighted by Crippen LogP contribution is 2.21.